The number of hydrogen-bond donors (Lipinski definition) is 2. The van der Waals surface area contributed by atoms with E-state index in [2.05, 4.69) is 24.1 Å². The Labute approximate surface area is 136 Å². The van der Waals surface area contributed by atoms with Crippen molar-refractivity contribution in [3.63, 3.8) is 0 Å². The molecule has 1 aromatic heterocycles. The van der Waals surface area contributed by atoms with E-state index in [9.17, 15) is 4.79 Å². The van der Waals surface area contributed by atoms with Crippen LogP contribution < -0.4 is 5.32 Å². The van der Waals surface area contributed by atoms with E-state index in [4.69, 9.17) is 9.52 Å². The van der Waals surface area contributed by atoms with Crippen molar-refractivity contribution in [3.8, 4) is 0 Å². The molecule has 1 heterocycles. The molecule has 5 heteroatoms. The fourth-order valence-electron chi connectivity index (χ4n) is 2.78. The minimum Gasteiger partial charge on any atom is -0.481 e. The number of hydrogen-bond acceptors (Lipinski definition) is 4. The highest BCUT2D eigenvalue weighted by Crippen LogP contribution is 2.36. The Kier molecular flexibility index (Phi) is 5.42. The molecule has 0 unspecified atom stereocenters. The molecule has 0 saturated carbocycles. The van der Waals surface area contributed by atoms with Gasteiger partial charge in [-0.15, -0.1) is 0 Å². The maximum absolute atomic E-state index is 10.9. The summed E-state index contributed by atoms with van der Waals surface area (Å²) in [7, 11) is 0. The van der Waals surface area contributed by atoms with Gasteiger partial charge in [-0.3, -0.25) is 4.79 Å². The standard InChI is InChI=1S/C18H24N2O3/c1-4-18(5-2,11-10-16(21)22)15-12-23-17(20-15)19-14-8-6-13(3)7-9-14/h6-9,12H,4-5,10-11H2,1-3H3,(H,19,20)(H,21,22). The molecule has 0 fully saturated rings. The lowest BCUT2D eigenvalue weighted by Gasteiger charge is -2.28. The second kappa shape index (κ2) is 7.31. The molecule has 0 atom stereocenters. The van der Waals surface area contributed by atoms with Gasteiger partial charge in [0, 0.05) is 17.5 Å². The summed E-state index contributed by atoms with van der Waals surface area (Å²) in [6.07, 6.45) is 3.99. The van der Waals surface area contributed by atoms with Gasteiger partial charge in [0.25, 0.3) is 6.01 Å². The van der Waals surface area contributed by atoms with E-state index in [1.54, 1.807) is 6.26 Å². The largest absolute Gasteiger partial charge is 0.481 e. The highest BCUT2D eigenvalue weighted by Gasteiger charge is 2.32. The van der Waals surface area contributed by atoms with Gasteiger partial charge in [-0.1, -0.05) is 31.5 Å². The zero-order valence-corrected chi connectivity index (χ0v) is 13.9. The first kappa shape index (κ1) is 17.1. The van der Waals surface area contributed by atoms with Crippen molar-refractivity contribution in [2.75, 3.05) is 5.32 Å². The van der Waals surface area contributed by atoms with Crippen molar-refractivity contribution < 1.29 is 14.3 Å². The Morgan fingerprint density at radius 2 is 1.91 bits per heavy atom. The average Bonchev–Trinajstić information content (AvgIpc) is 3.00. The first-order valence-electron chi connectivity index (χ1n) is 8.00. The lowest BCUT2D eigenvalue weighted by atomic mass is 9.76. The van der Waals surface area contributed by atoms with Gasteiger partial charge in [-0.2, -0.15) is 4.98 Å². The molecule has 0 spiro atoms. The van der Waals surface area contributed by atoms with Crippen LogP contribution in [0.5, 0.6) is 0 Å². The number of carbonyl (C=O) groups is 1. The summed E-state index contributed by atoms with van der Waals surface area (Å²) in [6.45, 7) is 6.16. The predicted molar refractivity (Wildman–Crippen MR) is 90.1 cm³/mol. The zero-order valence-electron chi connectivity index (χ0n) is 13.9. The predicted octanol–water partition coefficient (Wildman–Crippen LogP) is 4.65. The van der Waals surface area contributed by atoms with Crippen molar-refractivity contribution in [1.82, 2.24) is 4.98 Å². The first-order valence-corrected chi connectivity index (χ1v) is 8.00. The number of aliphatic carboxylic acids is 1. The molecule has 23 heavy (non-hydrogen) atoms. The van der Waals surface area contributed by atoms with E-state index in [1.165, 1.54) is 5.56 Å². The lowest BCUT2D eigenvalue weighted by molar-refractivity contribution is -0.137. The number of nitrogens with one attached hydrogen (secondary N) is 1. The molecule has 0 aliphatic heterocycles. The van der Waals surface area contributed by atoms with Gasteiger partial charge in [0.15, 0.2) is 0 Å². The molecule has 0 bridgehead atoms. The van der Waals surface area contributed by atoms with Gasteiger partial charge >= 0.3 is 5.97 Å². The van der Waals surface area contributed by atoms with E-state index >= 15 is 0 Å². The SMILES string of the molecule is CCC(CC)(CCC(=O)O)c1coc(Nc2ccc(C)cc2)n1. The highest BCUT2D eigenvalue weighted by atomic mass is 16.4. The Morgan fingerprint density at radius 1 is 1.26 bits per heavy atom. The summed E-state index contributed by atoms with van der Waals surface area (Å²) < 4.78 is 5.55. The molecule has 1 aromatic carbocycles. The van der Waals surface area contributed by atoms with Crippen LogP contribution in [-0.4, -0.2) is 16.1 Å². The number of carboxylic acid groups (broad SMARTS) is 1. The van der Waals surface area contributed by atoms with Crippen molar-refractivity contribution in [2.45, 2.75) is 51.9 Å². The van der Waals surface area contributed by atoms with Crippen LogP contribution in [0, 0.1) is 6.92 Å². The molecule has 0 radical (unpaired) electrons. The summed E-state index contributed by atoms with van der Waals surface area (Å²) in [5, 5.41) is 12.1. The molecule has 2 N–H and O–H groups in total. The van der Waals surface area contributed by atoms with Crippen molar-refractivity contribution >= 4 is 17.7 Å². The third kappa shape index (κ3) is 4.12. The molecule has 2 rings (SSSR count). The minimum absolute atomic E-state index is 0.134. The summed E-state index contributed by atoms with van der Waals surface area (Å²) in [5.74, 6) is -0.780. The number of nitrogens with zero attached hydrogens (tertiary/aromatic N) is 1. The van der Waals surface area contributed by atoms with Gasteiger partial charge in [0.05, 0.1) is 5.69 Å². The monoisotopic (exact) mass is 316 g/mol. The number of aromatic nitrogens is 1. The number of carboxylic acids is 1. The average molecular weight is 316 g/mol. The third-order valence-corrected chi connectivity index (χ3v) is 4.52. The zero-order chi connectivity index (χ0) is 16.9. The summed E-state index contributed by atoms with van der Waals surface area (Å²) in [6, 6.07) is 8.40. The van der Waals surface area contributed by atoms with Crippen LogP contribution in [0.2, 0.25) is 0 Å². The maximum atomic E-state index is 10.9. The highest BCUT2D eigenvalue weighted by molar-refractivity contribution is 5.66. The quantitative estimate of drug-likeness (QED) is 0.741. The van der Waals surface area contributed by atoms with Crippen molar-refractivity contribution in [1.29, 1.82) is 0 Å². The van der Waals surface area contributed by atoms with Crippen molar-refractivity contribution in [3.05, 3.63) is 41.8 Å². The molecule has 0 aliphatic rings. The van der Waals surface area contributed by atoms with Gasteiger partial charge in [-0.25, -0.2) is 0 Å². The number of anilines is 2. The van der Waals surface area contributed by atoms with Crippen LogP contribution in [0.1, 0.15) is 50.8 Å². The summed E-state index contributed by atoms with van der Waals surface area (Å²) >= 11 is 0. The van der Waals surface area contributed by atoms with Gasteiger partial charge in [0.2, 0.25) is 0 Å². The molecule has 124 valence electrons. The topological polar surface area (TPSA) is 75.4 Å². The fraction of sp³-hybridized carbons (Fsp3) is 0.444. The number of aryl methyl sites for hydroxylation is 1. The van der Waals surface area contributed by atoms with Crippen molar-refractivity contribution in [2.24, 2.45) is 0 Å². The molecule has 0 aliphatic carbocycles. The van der Waals surface area contributed by atoms with Gasteiger partial charge in [-0.05, 0) is 38.3 Å². The third-order valence-electron chi connectivity index (χ3n) is 4.52. The lowest BCUT2D eigenvalue weighted by Crippen LogP contribution is -2.26. The minimum atomic E-state index is -0.780. The second-order valence-corrected chi connectivity index (χ2v) is 5.91. The van der Waals surface area contributed by atoms with Gasteiger partial charge < -0.3 is 14.8 Å². The van der Waals surface area contributed by atoms with E-state index in [0.29, 0.717) is 12.4 Å². The molecule has 0 saturated heterocycles. The normalized spacial score (nSPS) is 11.4. The van der Waals surface area contributed by atoms with Crippen LogP contribution in [0.4, 0.5) is 11.7 Å². The maximum Gasteiger partial charge on any atom is 0.303 e. The van der Waals surface area contributed by atoms with E-state index in [1.807, 2.05) is 31.2 Å². The molecule has 0 amide bonds. The fourth-order valence-corrected chi connectivity index (χ4v) is 2.78. The Morgan fingerprint density at radius 3 is 2.48 bits per heavy atom. The number of oxazole rings is 1. The van der Waals surface area contributed by atoms with E-state index in [0.717, 1.165) is 24.2 Å². The van der Waals surface area contributed by atoms with Gasteiger partial charge in [0.1, 0.15) is 6.26 Å². The molecular formula is C18H24N2O3. The van der Waals surface area contributed by atoms with Crippen LogP contribution in [-0.2, 0) is 10.2 Å². The summed E-state index contributed by atoms with van der Waals surface area (Å²) in [5.41, 5.74) is 2.66. The van der Waals surface area contributed by atoms with E-state index in [-0.39, 0.29) is 11.8 Å². The second-order valence-electron chi connectivity index (χ2n) is 5.91. The first-order chi connectivity index (χ1) is 11.0. The van der Waals surface area contributed by atoms with Crippen LogP contribution in [0.3, 0.4) is 0 Å². The van der Waals surface area contributed by atoms with E-state index < -0.39 is 5.97 Å². The van der Waals surface area contributed by atoms with Crippen LogP contribution in [0.15, 0.2) is 34.9 Å². The Hall–Kier alpha value is -2.30. The molecule has 5 nitrogen and oxygen atoms in total. The summed E-state index contributed by atoms with van der Waals surface area (Å²) in [4.78, 5) is 15.5. The molecule has 2 aromatic rings. The Balaban J connectivity index is 2.17. The van der Waals surface area contributed by atoms with Crippen LogP contribution in [0.25, 0.3) is 0 Å². The smallest absolute Gasteiger partial charge is 0.303 e. The Bertz CT molecular complexity index is 643. The number of rotatable bonds is 8. The molecular weight excluding hydrogens is 292 g/mol. The number of benzene rings is 1. The van der Waals surface area contributed by atoms with Crippen LogP contribution >= 0.6 is 0 Å².